The molecule has 0 unspecified atom stereocenters. The Bertz CT molecular complexity index is 255. The maximum absolute atomic E-state index is 4.23. The summed E-state index contributed by atoms with van der Waals surface area (Å²) in [5, 5.41) is 3.20. The average Bonchev–Trinajstić information content (AvgIpc) is 2.32. The molecular weight excluding hydrogens is 218 g/mol. The fourth-order valence-electron chi connectivity index (χ4n) is 1.12. The minimum Gasteiger partial charge on any atom is -0.356 e. The van der Waals surface area contributed by atoms with Gasteiger partial charge in [-0.15, -0.1) is 0 Å². The van der Waals surface area contributed by atoms with Crippen LogP contribution in [0.4, 0.5) is 5.95 Å². The van der Waals surface area contributed by atoms with E-state index in [-0.39, 0.29) is 0 Å². The summed E-state index contributed by atoms with van der Waals surface area (Å²) in [6.45, 7) is 7.23. The molecule has 0 fully saturated rings. The number of nitrogens with one attached hydrogen (secondary N) is 1. The third kappa shape index (κ3) is 1.80. The van der Waals surface area contributed by atoms with E-state index in [0.717, 1.165) is 17.1 Å². The lowest BCUT2D eigenvalue weighted by Crippen LogP contribution is -2.08. The number of aromatic nitrogens is 2. The fourth-order valence-corrected chi connectivity index (χ4v) is 1.80. The number of hydrogen-bond donors (Lipinski definition) is 1. The van der Waals surface area contributed by atoms with E-state index in [1.54, 1.807) is 0 Å². The zero-order valence-electron chi connectivity index (χ0n) is 7.63. The van der Waals surface area contributed by atoms with Crippen LogP contribution in [0.5, 0.6) is 0 Å². The zero-order valence-corrected chi connectivity index (χ0v) is 9.22. The van der Waals surface area contributed by atoms with Crippen molar-refractivity contribution in [3.8, 4) is 0 Å². The first kappa shape index (κ1) is 9.58. The highest BCUT2D eigenvalue weighted by Gasteiger charge is 2.08. The van der Waals surface area contributed by atoms with Crippen molar-refractivity contribution < 1.29 is 0 Å². The first-order chi connectivity index (χ1) is 5.66. The van der Waals surface area contributed by atoms with Gasteiger partial charge < -0.3 is 9.88 Å². The van der Waals surface area contributed by atoms with E-state index in [9.17, 15) is 0 Å². The quantitative estimate of drug-likeness (QED) is 0.868. The molecule has 0 aliphatic heterocycles. The molecule has 68 valence electrons. The van der Waals surface area contributed by atoms with E-state index in [4.69, 9.17) is 0 Å². The summed E-state index contributed by atoms with van der Waals surface area (Å²) >= 11 is 3.45. The van der Waals surface area contributed by atoms with Crippen LogP contribution in [-0.2, 0) is 0 Å². The van der Waals surface area contributed by atoms with Crippen molar-refractivity contribution in [3.63, 3.8) is 0 Å². The normalized spacial score (nSPS) is 10.8. The lowest BCUT2D eigenvalue weighted by molar-refractivity contribution is 0.595. The molecule has 0 aliphatic rings. The van der Waals surface area contributed by atoms with Gasteiger partial charge in [-0.3, -0.25) is 0 Å². The Morgan fingerprint density at radius 1 is 1.67 bits per heavy atom. The zero-order chi connectivity index (χ0) is 9.14. The van der Waals surface area contributed by atoms with Crippen molar-refractivity contribution >= 4 is 21.9 Å². The second kappa shape index (κ2) is 3.94. The van der Waals surface area contributed by atoms with Crippen molar-refractivity contribution in [1.82, 2.24) is 9.55 Å². The van der Waals surface area contributed by atoms with Gasteiger partial charge in [0.1, 0.15) is 4.60 Å². The summed E-state index contributed by atoms with van der Waals surface area (Å²) < 4.78 is 3.14. The van der Waals surface area contributed by atoms with Gasteiger partial charge in [0, 0.05) is 12.6 Å². The molecule has 4 heteroatoms. The van der Waals surface area contributed by atoms with Gasteiger partial charge in [-0.2, -0.15) is 0 Å². The van der Waals surface area contributed by atoms with E-state index in [1.807, 2.05) is 6.20 Å². The van der Waals surface area contributed by atoms with Crippen LogP contribution in [0, 0.1) is 0 Å². The number of anilines is 1. The number of hydrogen-bond acceptors (Lipinski definition) is 2. The lowest BCUT2D eigenvalue weighted by atomic mass is 10.4. The van der Waals surface area contributed by atoms with Gasteiger partial charge in [0.25, 0.3) is 0 Å². The van der Waals surface area contributed by atoms with Gasteiger partial charge in [0.2, 0.25) is 5.95 Å². The number of rotatable bonds is 3. The summed E-state index contributed by atoms with van der Waals surface area (Å²) in [6, 6.07) is 0.427. The molecule has 0 saturated carbocycles. The second-order valence-corrected chi connectivity index (χ2v) is 3.71. The first-order valence-electron chi connectivity index (χ1n) is 4.13. The molecule has 1 rings (SSSR count). The molecule has 0 aromatic carbocycles. The molecule has 1 heterocycles. The molecule has 3 nitrogen and oxygen atoms in total. The average molecular weight is 232 g/mol. The fraction of sp³-hybridized carbons (Fsp3) is 0.625. The Morgan fingerprint density at radius 2 is 2.33 bits per heavy atom. The minimum atomic E-state index is 0.427. The van der Waals surface area contributed by atoms with Crippen LogP contribution < -0.4 is 5.32 Å². The Labute approximate surface area is 81.3 Å². The van der Waals surface area contributed by atoms with Gasteiger partial charge in [-0.25, -0.2) is 4.98 Å². The van der Waals surface area contributed by atoms with Gasteiger partial charge in [0.15, 0.2) is 0 Å². The van der Waals surface area contributed by atoms with Crippen LogP contribution in [0.1, 0.15) is 26.8 Å². The standard InChI is InChI=1S/C8H14BrN3/c1-4-10-8-11-5-7(9)12(8)6(2)3/h5-6H,4H2,1-3H3,(H,10,11). The molecular formula is C8H14BrN3. The third-order valence-electron chi connectivity index (χ3n) is 1.60. The van der Waals surface area contributed by atoms with Crippen molar-refractivity contribution in [3.05, 3.63) is 10.8 Å². The Kier molecular flexibility index (Phi) is 3.14. The second-order valence-electron chi connectivity index (χ2n) is 2.90. The monoisotopic (exact) mass is 231 g/mol. The Morgan fingerprint density at radius 3 is 2.83 bits per heavy atom. The van der Waals surface area contributed by atoms with Crippen LogP contribution >= 0.6 is 15.9 Å². The highest BCUT2D eigenvalue weighted by Crippen LogP contribution is 2.21. The maximum Gasteiger partial charge on any atom is 0.203 e. The molecule has 0 radical (unpaired) electrons. The number of nitrogens with zero attached hydrogens (tertiary/aromatic N) is 2. The van der Waals surface area contributed by atoms with E-state index in [0.29, 0.717) is 6.04 Å². The number of halogens is 1. The van der Waals surface area contributed by atoms with Crippen LogP contribution in [0.25, 0.3) is 0 Å². The third-order valence-corrected chi connectivity index (χ3v) is 2.19. The molecule has 0 aliphatic carbocycles. The predicted octanol–water partition coefficient (Wildman–Crippen LogP) is 2.66. The molecule has 1 aromatic rings. The molecule has 0 bridgehead atoms. The maximum atomic E-state index is 4.23. The van der Waals surface area contributed by atoms with Crippen LogP contribution in [-0.4, -0.2) is 16.1 Å². The summed E-state index contributed by atoms with van der Waals surface area (Å²) in [5.41, 5.74) is 0. The summed E-state index contributed by atoms with van der Waals surface area (Å²) in [5.74, 6) is 0.930. The van der Waals surface area contributed by atoms with Crippen molar-refractivity contribution in [2.45, 2.75) is 26.8 Å². The van der Waals surface area contributed by atoms with Gasteiger partial charge in [0.05, 0.1) is 6.20 Å². The molecule has 1 N–H and O–H groups in total. The van der Waals surface area contributed by atoms with E-state index in [2.05, 4.69) is 51.6 Å². The minimum absolute atomic E-state index is 0.427. The highest BCUT2D eigenvalue weighted by molar-refractivity contribution is 9.10. The number of imidazole rings is 1. The van der Waals surface area contributed by atoms with E-state index < -0.39 is 0 Å². The topological polar surface area (TPSA) is 29.9 Å². The lowest BCUT2D eigenvalue weighted by Gasteiger charge is -2.12. The van der Waals surface area contributed by atoms with Crippen LogP contribution in [0.2, 0.25) is 0 Å². The molecule has 12 heavy (non-hydrogen) atoms. The van der Waals surface area contributed by atoms with E-state index >= 15 is 0 Å². The van der Waals surface area contributed by atoms with E-state index in [1.165, 1.54) is 0 Å². The van der Waals surface area contributed by atoms with Gasteiger partial charge in [-0.05, 0) is 36.7 Å². The summed E-state index contributed by atoms with van der Waals surface area (Å²) in [7, 11) is 0. The first-order valence-corrected chi connectivity index (χ1v) is 4.92. The molecule has 0 amide bonds. The summed E-state index contributed by atoms with van der Waals surface area (Å²) in [6.07, 6.45) is 1.82. The molecule has 0 saturated heterocycles. The van der Waals surface area contributed by atoms with Crippen molar-refractivity contribution in [2.75, 3.05) is 11.9 Å². The van der Waals surface area contributed by atoms with Crippen LogP contribution in [0.15, 0.2) is 10.8 Å². The Hall–Kier alpha value is -0.510. The molecule has 0 atom stereocenters. The van der Waals surface area contributed by atoms with Gasteiger partial charge in [-0.1, -0.05) is 0 Å². The SMILES string of the molecule is CCNc1ncc(Br)n1C(C)C. The molecule has 1 aromatic heterocycles. The largest absolute Gasteiger partial charge is 0.356 e. The van der Waals surface area contributed by atoms with Crippen LogP contribution in [0.3, 0.4) is 0 Å². The van der Waals surface area contributed by atoms with Crippen molar-refractivity contribution in [1.29, 1.82) is 0 Å². The highest BCUT2D eigenvalue weighted by atomic mass is 79.9. The van der Waals surface area contributed by atoms with Gasteiger partial charge >= 0.3 is 0 Å². The summed E-state index contributed by atoms with van der Waals surface area (Å²) in [4.78, 5) is 4.23. The van der Waals surface area contributed by atoms with Crippen molar-refractivity contribution in [2.24, 2.45) is 0 Å². The predicted molar refractivity (Wildman–Crippen MR) is 54.5 cm³/mol. The molecule has 0 spiro atoms. The smallest absolute Gasteiger partial charge is 0.203 e. The Balaban J connectivity index is 2.95.